The van der Waals surface area contributed by atoms with Crippen LogP contribution >= 0.6 is 11.6 Å². The molecule has 3 aromatic carbocycles. The molecule has 0 bridgehead atoms. The van der Waals surface area contributed by atoms with Crippen molar-refractivity contribution in [2.75, 3.05) is 55.6 Å². The lowest BCUT2D eigenvalue weighted by Gasteiger charge is -2.63. The number of ether oxygens (including phenoxy) is 1. The SMILES string of the molecule is CC1(C)[C@H](NC(=O)c2ccc(N3CCN(CC4CCN(c5ccc6c(=O)n(C7CCC(=O)NC7=O)nnc6c5)CC4)CC3)cc2)C(C)(C)[C@H]1Oc1ccc(C#N)c(Cl)c1. The molecule has 4 fully saturated rings. The van der Waals surface area contributed by atoms with Gasteiger partial charge in [0.15, 0.2) is 0 Å². The first-order valence-electron chi connectivity index (χ1n) is 20.5. The minimum absolute atomic E-state index is 0.107. The molecule has 4 aromatic rings. The van der Waals surface area contributed by atoms with Crippen molar-refractivity contribution in [1.29, 1.82) is 5.26 Å². The molecule has 2 N–H and O–H groups in total. The maximum atomic E-state index is 13.5. The van der Waals surface area contributed by atoms with Crippen molar-refractivity contribution in [3.05, 3.63) is 87.2 Å². The topological polar surface area (TPSA) is 166 Å². The fourth-order valence-electron chi connectivity index (χ4n) is 9.92. The van der Waals surface area contributed by atoms with Crippen molar-refractivity contribution in [1.82, 2.24) is 30.5 Å². The summed E-state index contributed by atoms with van der Waals surface area (Å²) in [5.41, 5.74) is 2.55. The lowest BCUT2D eigenvalue weighted by atomic mass is 9.49. The Labute approximate surface area is 348 Å². The summed E-state index contributed by atoms with van der Waals surface area (Å²) in [4.78, 5) is 57.9. The fourth-order valence-corrected chi connectivity index (χ4v) is 10.1. The molecule has 4 aliphatic rings. The minimum Gasteiger partial charge on any atom is -0.489 e. The zero-order valence-corrected chi connectivity index (χ0v) is 34.7. The first-order chi connectivity index (χ1) is 28.2. The Morgan fingerprint density at radius 3 is 2.24 bits per heavy atom. The molecule has 1 aromatic heterocycles. The summed E-state index contributed by atoms with van der Waals surface area (Å²) in [7, 11) is 0. The van der Waals surface area contributed by atoms with Gasteiger partial charge in [-0.25, -0.2) is 0 Å². The average molecular weight is 820 g/mol. The van der Waals surface area contributed by atoms with Gasteiger partial charge in [-0.05, 0) is 79.8 Å². The van der Waals surface area contributed by atoms with Gasteiger partial charge in [-0.1, -0.05) is 44.5 Å². The van der Waals surface area contributed by atoms with Crippen LogP contribution in [0.1, 0.15) is 75.3 Å². The van der Waals surface area contributed by atoms with Gasteiger partial charge in [0, 0.05) is 92.1 Å². The van der Waals surface area contributed by atoms with Gasteiger partial charge in [0.25, 0.3) is 17.4 Å². The van der Waals surface area contributed by atoms with Crippen LogP contribution in [0.5, 0.6) is 5.75 Å². The van der Waals surface area contributed by atoms with Gasteiger partial charge in [-0.2, -0.15) is 9.94 Å². The highest BCUT2D eigenvalue weighted by atomic mass is 35.5. The van der Waals surface area contributed by atoms with E-state index in [0.717, 1.165) is 74.7 Å². The van der Waals surface area contributed by atoms with Crippen LogP contribution in [0.4, 0.5) is 11.4 Å². The van der Waals surface area contributed by atoms with Gasteiger partial charge in [-0.15, -0.1) is 5.10 Å². The van der Waals surface area contributed by atoms with Crippen LogP contribution in [0, 0.1) is 28.1 Å². The molecule has 1 aliphatic carbocycles. The normalized spacial score (nSPS) is 23.3. The summed E-state index contributed by atoms with van der Waals surface area (Å²) in [6.45, 7) is 15.1. The summed E-state index contributed by atoms with van der Waals surface area (Å²) in [6, 6.07) is 19.7. The van der Waals surface area contributed by atoms with E-state index in [1.807, 2.05) is 36.4 Å². The van der Waals surface area contributed by atoms with E-state index in [9.17, 15) is 24.4 Å². The van der Waals surface area contributed by atoms with Gasteiger partial charge >= 0.3 is 0 Å². The summed E-state index contributed by atoms with van der Waals surface area (Å²) in [5, 5.41) is 23.9. The van der Waals surface area contributed by atoms with E-state index in [-0.39, 0.29) is 53.2 Å². The molecular weight excluding hydrogens is 770 g/mol. The Morgan fingerprint density at radius 2 is 1.58 bits per heavy atom. The highest BCUT2D eigenvalue weighted by molar-refractivity contribution is 6.31. The molecule has 4 heterocycles. The summed E-state index contributed by atoms with van der Waals surface area (Å²) < 4.78 is 7.48. The molecule has 3 aliphatic heterocycles. The van der Waals surface area contributed by atoms with Crippen molar-refractivity contribution >= 4 is 51.6 Å². The second-order valence-electron chi connectivity index (χ2n) is 17.6. The van der Waals surface area contributed by atoms with E-state index < -0.39 is 11.9 Å². The van der Waals surface area contributed by atoms with Crippen molar-refractivity contribution in [2.24, 2.45) is 16.7 Å². The number of nitrogens with zero attached hydrogens (tertiary/aromatic N) is 7. The molecule has 3 amide bonds. The number of aromatic nitrogens is 3. The van der Waals surface area contributed by atoms with Crippen LogP contribution in [0.3, 0.4) is 0 Å². The third kappa shape index (κ3) is 7.85. The third-order valence-electron chi connectivity index (χ3n) is 13.0. The van der Waals surface area contributed by atoms with Crippen LogP contribution in [-0.4, -0.2) is 95.6 Å². The van der Waals surface area contributed by atoms with E-state index in [1.54, 1.807) is 24.3 Å². The molecule has 0 radical (unpaired) electrons. The Bertz CT molecular complexity index is 2360. The van der Waals surface area contributed by atoms with Gasteiger partial charge in [-0.3, -0.25) is 29.4 Å². The highest BCUT2D eigenvalue weighted by Gasteiger charge is 2.64. The zero-order valence-electron chi connectivity index (χ0n) is 33.9. The minimum atomic E-state index is -0.842. The number of anilines is 2. The van der Waals surface area contributed by atoms with Gasteiger partial charge in [0.05, 0.1) is 16.0 Å². The Kier molecular flexibility index (Phi) is 10.9. The standard InChI is InChI=1S/C44H50ClN9O5/c1-43(2)41(44(3,4)42(43)59-32-11-7-29(25-46)34(45)24-32)48-38(56)28-5-8-30(9-6-28)53-21-19-51(20-22-53)26-27-15-17-52(18-16-27)31-10-12-33-35(23-31)49-50-54(40(33)58)36-13-14-37(55)47-39(36)57/h5-12,23-24,27,36,41-42H,13-22,26H2,1-4H3,(H,48,56)(H,47,55,57)/t36?,41-,42-. The van der Waals surface area contributed by atoms with Crippen LogP contribution in [-0.2, 0) is 9.59 Å². The highest BCUT2D eigenvalue weighted by Crippen LogP contribution is 2.55. The fraction of sp³-hybridized carbons (Fsp3) is 0.477. The average Bonchev–Trinajstić information content (AvgIpc) is 3.22. The molecule has 3 saturated heterocycles. The third-order valence-corrected chi connectivity index (χ3v) is 13.3. The van der Waals surface area contributed by atoms with Gasteiger partial charge in [0.1, 0.15) is 29.5 Å². The lowest BCUT2D eigenvalue weighted by molar-refractivity contribution is -0.164. The molecule has 0 spiro atoms. The number of nitriles is 1. The van der Waals surface area contributed by atoms with Crippen LogP contribution in [0.2, 0.25) is 5.02 Å². The molecule has 1 atom stereocenters. The van der Waals surface area contributed by atoms with E-state index in [2.05, 4.69) is 69.4 Å². The maximum Gasteiger partial charge on any atom is 0.278 e. The number of fused-ring (bicyclic) bond motifs is 1. The summed E-state index contributed by atoms with van der Waals surface area (Å²) in [6.07, 6.45) is 2.34. The molecular formula is C44H50ClN9O5. The van der Waals surface area contributed by atoms with Crippen molar-refractivity contribution < 1.29 is 19.1 Å². The van der Waals surface area contributed by atoms with Gasteiger partial charge in [0.2, 0.25) is 5.91 Å². The first kappa shape index (κ1) is 40.3. The maximum absolute atomic E-state index is 13.5. The molecule has 8 rings (SSSR count). The van der Waals surface area contributed by atoms with E-state index in [1.165, 1.54) is 0 Å². The van der Waals surface area contributed by atoms with E-state index in [4.69, 9.17) is 16.3 Å². The number of imide groups is 1. The molecule has 15 heteroatoms. The number of nitrogens with one attached hydrogen (secondary N) is 2. The number of rotatable bonds is 9. The van der Waals surface area contributed by atoms with Crippen LogP contribution < -0.4 is 30.7 Å². The first-order valence-corrected chi connectivity index (χ1v) is 20.8. The van der Waals surface area contributed by atoms with Gasteiger partial charge < -0.3 is 19.9 Å². The molecule has 308 valence electrons. The monoisotopic (exact) mass is 819 g/mol. The second-order valence-corrected chi connectivity index (χ2v) is 18.0. The van der Waals surface area contributed by atoms with Crippen molar-refractivity contribution in [3.63, 3.8) is 0 Å². The van der Waals surface area contributed by atoms with Crippen molar-refractivity contribution in [2.45, 2.75) is 71.6 Å². The molecule has 1 unspecified atom stereocenters. The van der Waals surface area contributed by atoms with E-state index in [0.29, 0.717) is 38.7 Å². The van der Waals surface area contributed by atoms with E-state index >= 15 is 0 Å². The Morgan fingerprint density at radius 1 is 0.898 bits per heavy atom. The predicted molar refractivity (Wildman–Crippen MR) is 225 cm³/mol. The quantitative estimate of drug-likeness (QED) is 0.220. The number of halogens is 1. The molecule has 1 saturated carbocycles. The van der Waals surface area contributed by atoms with Crippen molar-refractivity contribution in [3.8, 4) is 11.8 Å². The predicted octanol–water partition coefficient (Wildman–Crippen LogP) is 4.94. The Hall–Kier alpha value is -5.52. The number of benzene rings is 3. The Balaban J connectivity index is 0.792. The van der Waals surface area contributed by atoms with Crippen LogP contribution in [0.15, 0.2) is 65.5 Å². The summed E-state index contributed by atoms with van der Waals surface area (Å²) >= 11 is 6.25. The molecule has 59 heavy (non-hydrogen) atoms. The number of hydrogen-bond acceptors (Lipinski definition) is 11. The number of hydrogen-bond donors (Lipinski definition) is 2. The largest absolute Gasteiger partial charge is 0.489 e. The number of amides is 3. The second kappa shape index (κ2) is 15.9. The van der Waals surface area contributed by atoms with Crippen LogP contribution in [0.25, 0.3) is 10.9 Å². The molecule has 14 nitrogen and oxygen atoms in total. The lowest BCUT2D eigenvalue weighted by Crippen LogP contribution is -2.74. The zero-order chi connectivity index (χ0) is 41.6. The smallest absolute Gasteiger partial charge is 0.278 e. The number of carbonyl (C=O) groups is 3. The number of piperazine rings is 1. The number of piperidine rings is 2. The number of carbonyl (C=O) groups excluding carboxylic acids is 3. The summed E-state index contributed by atoms with van der Waals surface area (Å²) in [5.74, 6) is 0.218.